The van der Waals surface area contributed by atoms with Gasteiger partial charge in [-0.1, -0.05) is 43.3 Å². The second-order valence-corrected chi connectivity index (χ2v) is 7.82. The van der Waals surface area contributed by atoms with Crippen molar-refractivity contribution in [2.45, 2.75) is 25.8 Å². The highest BCUT2D eigenvalue weighted by Gasteiger charge is 2.25. The van der Waals surface area contributed by atoms with Crippen molar-refractivity contribution in [2.75, 3.05) is 19.6 Å². The smallest absolute Gasteiger partial charge is 0.272 e. The molecule has 1 saturated heterocycles. The fraction of sp³-hybridized carbons (Fsp3) is 0.348. The van der Waals surface area contributed by atoms with Crippen molar-refractivity contribution >= 4 is 16.7 Å². The van der Waals surface area contributed by atoms with Gasteiger partial charge < -0.3 is 5.32 Å². The molecule has 4 rings (SSSR count). The number of carbonyl (C=O) groups is 1. The molecule has 0 saturated carbocycles. The van der Waals surface area contributed by atoms with Crippen molar-refractivity contribution in [1.82, 2.24) is 20.4 Å². The zero-order chi connectivity index (χ0) is 20.2. The van der Waals surface area contributed by atoms with E-state index >= 15 is 0 Å². The molecule has 1 aliphatic rings. The molecule has 2 aromatic carbocycles. The van der Waals surface area contributed by atoms with E-state index in [1.807, 2.05) is 18.2 Å². The van der Waals surface area contributed by atoms with Gasteiger partial charge in [0, 0.05) is 17.5 Å². The zero-order valence-corrected chi connectivity index (χ0v) is 16.6. The Bertz CT molecular complexity index is 1040. The minimum Gasteiger partial charge on any atom is -0.350 e. The molecule has 0 bridgehead atoms. The summed E-state index contributed by atoms with van der Waals surface area (Å²) in [5.41, 5.74) is 1.39. The first-order valence-corrected chi connectivity index (χ1v) is 10.2. The van der Waals surface area contributed by atoms with Crippen molar-refractivity contribution in [3.63, 3.8) is 0 Å². The molecular weight excluding hydrogens is 364 g/mol. The second-order valence-electron chi connectivity index (χ2n) is 7.82. The summed E-state index contributed by atoms with van der Waals surface area (Å²) in [4.78, 5) is 27.4. The van der Waals surface area contributed by atoms with Gasteiger partial charge in [0.2, 0.25) is 0 Å². The Balaban J connectivity index is 1.55. The monoisotopic (exact) mass is 390 g/mol. The third kappa shape index (κ3) is 4.22. The molecule has 2 heterocycles. The van der Waals surface area contributed by atoms with Crippen LogP contribution in [0, 0.1) is 5.92 Å². The number of rotatable bonds is 5. The lowest BCUT2D eigenvalue weighted by Crippen LogP contribution is -2.42. The maximum atomic E-state index is 13.0. The van der Waals surface area contributed by atoms with Gasteiger partial charge in [-0.2, -0.15) is 5.10 Å². The van der Waals surface area contributed by atoms with Crippen molar-refractivity contribution in [2.24, 2.45) is 5.92 Å². The van der Waals surface area contributed by atoms with Gasteiger partial charge in [-0.15, -0.1) is 0 Å². The maximum absolute atomic E-state index is 13.0. The Morgan fingerprint density at radius 1 is 1.14 bits per heavy atom. The Kier molecular flexibility index (Phi) is 5.71. The second kappa shape index (κ2) is 8.57. The number of benzene rings is 2. The van der Waals surface area contributed by atoms with E-state index in [-0.39, 0.29) is 17.5 Å². The van der Waals surface area contributed by atoms with Crippen LogP contribution in [0.4, 0.5) is 0 Å². The minimum absolute atomic E-state index is 0.129. The van der Waals surface area contributed by atoms with E-state index < -0.39 is 0 Å². The molecule has 1 aliphatic heterocycles. The van der Waals surface area contributed by atoms with Gasteiger partial charge in [-0.05, 0) is 49.5 Å². The Hall–Kier alpha value is -2.99. The summed E-state index contributed by atoms with van der Waals surface area (Å²) in [5, 5.41) is 10.4. The van der Waals surface area contributed by atoms with Gasteiger partial charge in [-0.25, -0.2) is 5.10 Å². The third-order valence-corrected chi connectivity index (χ3v) is 5.85. The number of nitrogens with one attached hydrogen (secondary N) is 2. The number of piperidine rings is 1. The summed E-state index contributed by atoms with van der Waals surface area (Å²) in [6, 6.07) is 15.6. The van der Waals surface area contributed by atoms with Crippen LogP contribution < -0.4 is 10.9 Å². The molecule has 1 amide bonds. The van der Waals surface area contributed by atoms with Crippen molar-refractivity contribution < 1.29 is 4.79 Å². The molecule has 3 aromatic rings. The number of nitrogens with zero attached hydrogens (tertiary/aromatic N) is 2. The minimum atomic E-state index is -0.290. The topological polar surface area (TPSA) is 78.1 Å². The van der Waals surface area contributed by atoms with Crippen LogP contribution in [0.15, 0.2) is 59.5 Å². The molecule has 150 valence electrons. The Morgan fingerprint density at radius 2 is 1.90 bits per heavy atom. The van der Waals surface area contributed by atoms with Gasteiger partial charge in [0.05, 0.1) is 17.6 Å². The van der Waals surface area contributed by atoms with Crippen LogP contribution in [-0.4, -0.2) is 40.6 Å². The van der Waals surface area contributed by atoms with E-state index in [2.05, 4.69) is 39.5 Å². The quantitative estimate of drug-likeness (QED) is 0.702. The van der Waals surface area contributed by atoms with Gasteiger partial charge in [0.15, 0.2) is 0 Å². The molecule has 1 unspecified atom stereocenters. The van der Waals surface area contributed by atoms with Crippen LogP contribution in [0.25, 0.3) is 10.8 Å². The number of aromatic nitrogens is 2. The molecule has 6 nitrogen and oxygen atoms in total. The van der Waals surface area contributed by atoms with E-state index in [1.165, 1.54) is 24.6 Å². The highest BCUT2D eigenvalue weighted by atomic mass is 16.1. The van der Waals surface area contributed by atoms with Crippen LogP contribution in [0.1, 0.15) is 41.7 Å². The summed E-state index contributed by atoms with van der Waals surface area (Å²) in [7, 11) is 0. The first kappa shape index (κ1) is 19.3. The molecule has 29 heavy (non-hydrogen) atoms. The summed E-state index contributed by atoms with van der Waals surface area (Å²) in [5.74, 6) is 0.563. The normalized spacial score (nSPS) is 16.6. The van der Waals surface area contributed by atoms with Gasteiger partial charge in [0.25, 0.3) is 11.5 Å². The van der Waals surface area contributed by atoms with Crippen molar-refractivity contribution in [1.29, 1.82) is 0 Å². The number of hydrogen-bond donors (Lipinski definition) is 2. The lowest BCUT2D eigenvalue weighted by Gasteiger charge is -2.37. The molecular formula is C23H26N4O2. The molecule has 0 spiro atoms. The van der Waals surface area contributed by atoms with Gasteiger partial charge in [-0.3, -0.25) is 14.5 Å². The average molecular weight is 390 g/mol. The van der Waals surface area contributed by atoms with E-state index in [0.717, 1.165) is 19.0 Å². The van der Waals surface area contributed by atoms with Crippen LogP contribution in [-0.2, 0) is 0 Å². The first-order valence-electron chi connectivity index (χ1n) is 10.2. The number of hydrogen-bond acceptors (Lipinski definition) is 4. The molecule has 2 N–H and O–H groups in total. The Morgan fingerprint density at radius 3 is 2.66 bits per heavy atom. The van der Waals surface area contributed by atoms with Crippen LogP contribution in [0.2, 0.25) is 0 Å². The molecule has 0 radical (unpaired) electrons. The first-order chi connectivity index (χ1) is 14.1. The van der Waals surface area contributed by atoms with E-state index in [0.29, 0.717) is 22.9 Å². The van der Waals surface area contributed by atoms with E-state index in [4.69, 9.17) is 0 Å². The van der Waals surface area contributed by atoms with Crippen molar-refractivity contribution in [3.8, 4) is 0 Å². The maximum Gasteiger partial charge on any atom is 0.272 e. The fourth-order valence-corrected chi connectivity index (χ4v) is 4.07. The third-order valence-electron chi connectivity index (χ3n) is 5.85. The van der Waals surface area contributed by atoms with Crippen LogP contribution in [0.5, 0.6) is 0 Å². The average Bonchev–Trinajstić information content (AvgIpc) is 2.76. The lowest BCUT2D eigenvalue weighted by atomic mass is 9.95. The molecule has 0 aliphatic carbocycles. The number of H-pyrrole nitrogens is 1. The SMILES string of the molecule is CC1CCN(C(CNC(=O)c2cccc3c(=O)[nH]ncc23)c2ccccc2)CC1. The molecule has 6 heteroatoms. The number of carbonyl (C=O) groups excluding carboxylic acids is 1. The van der Waals surface area contributed by atoms with Crippen molar-refractivity contribution in [3.05, 3.63) is 76.2 Å². The van der Waals surface area contributed by atoms with Crippen LogP contribution in [0.3, 0.4) is 0 Å². The molecule has 1 fully saturated rings. The highest BCUT2D eigenvalue weighted by Crippen LogP contribution is 2.26. The molecule has 1 aromatic heterocycles. The number of likely N-dealkylation sites (tertiary alicyclic amines) is 1. The van der Waals surface area contributed by atoms with Gasteiger partial charge >= 0.3 is 0 Å². The highest BCUT2D eigenvalue weighted by molar-refractivity contribution is 6.06. The number of fused-ring (bicyclic) bond motifs is 1. The standard InChI is InChI=1S/C23H26N4O2/c1-16-10-12-27(13-11-16)21(17-6-3-2-4-7-17)15-24-22(28)18-8-5-9-19-20(18)14-25-26-23(19)29/h2-9,14,16,21H,10-13,15H2,1H3,(H,24,28)(H,26,29). The summed E-state index contributed by atoms with van der Waals surface area (Å²) in [6.07, 6.45) is 3.89. The molecule has 1 atom stereocenters. The number of aromatic amines is 1. The zero-order valence-electron chi connectivity index (χ0n) is 16.6. The predicted molar refractivity (Wildman–Crippen MR) is 114 cm³/mol. The summed E-state index contributed by atoms with van der Waals surface area (Å²) < 4.78 is 0. The number of amides is 1. The summed E-state index contributed by atoms with van der Waals surface area (Å²) >= 11 is 0. The largest absolute Gasteiger partial charge is 0.350 e. The predicted octanol–water partition coefficient (Wildman–Crippen LogP) is 3.13. The van der Waals surface area contributed by atoms with Crippen LogP contribution >= 0.6 is 0 Å². The van der Waals surface area contributed by atoms with Gasteiger partial charge in [0.1, 0.15) is 0 Å². The Labute approximate surface area is 169 Å². The summed E-state index contributed by atoms with van der Waals surface area (Å²) in [6.45, 7) is 4.88. The fourth-order valence-electron chi connectivity index (χ4n) is 4.07. The lowest BCUT2D eigenvalue weighted by molar-refractivity contribution is 0.0914. The van der Waals surface area contributed by atoms with E-state index in [1.54, 1.807) is 18.2 Å². The van der Waals surface area contributed by atoms with E-state index in [9.17, 15) is 9.59 Å².